The Bertz CT molecular complexity index is 255. The zero-order valence-corrected chi connectivity index (χ0v) is 9.40. The molecule has 5 nitrogen and oxygen atoms in total. The van der Waals surface area contributed by atoms with E-state index in [1.807, 2.05) is 6.92 Å². The number of carbonyl (C=O) groups is 2. The van der Waals surface area contributed by atoms with Gasteiger partial charge in [0.25, 0.3) is 0 Å². The second kappa shape index (κ2) is 5.11. The van der Waals surface area contributed by atoms with Crippen molar-refractivity contribution in [1.82, 2.24) is 9.80 Å². The Morgan fingerprint density at radius 2 is 2.07 bits per heavy atom. The van der Waals surface area contributed by atoms with Gasteiger partial charge in [-0.25, -0.2) is 0 Å². The predicted octanol–water partition coefficient (Wildman–Crippen LogP) is -0.728. The molecule has 86 valence electrons. The molecule has 0 spiro atoms. The van der Waals surface area contributed by atoms with Crippen LogP contribution in [0.3, 0.4) is 0 Å². The van der Waals surface area contributed by atoms with Gasteiger partial charge in [0.05, 0.1) is 6.54 Å². The topological polar surface area (TPSA) is 66.6 Å². The van der Waals surface area contributed by atoms with E-state index < -0.39 is 0 Å². The molecule has 1 unspecified atom stereocenters. The largest absolute Gasteiger partial charge is 0.340 e. The molecule has 1 aliphatic rings. The normalized spacial score (nSPS) is 20.5. The first-order valence-electron chi connectivity index (χ1n) is 5.26. The van der Waals surface area contributed by atoms with Crippen LogP contribution in [0.15, 0.2) is 0 Å². The van der Waals surface area contributed by atoms with Crippen molar-refractivity contribution in [2.24, 2.45) is 11.7 Å². The maximum absolute atomic E-state index is 11.7. The Hall–Kier alpha value is -1.10. The molecule has 0 bridgehead atoms. The molecule has 1 aliphatic heterocycles. The Balaban J connectivity index is 2.58. The molecule has 1 fully saturated rings. The minimum absolute atomic E-state index is 0.0173. The fourth-order valence-corrected chi connectivity index (χ4v) is 1.58. The Morgan fingerprint density at radius 1 is 1.40 bits per heavy atom. The van der Waals surface area contributed by atoms with Crippen molar-refractivity contribution in [2.45, 2.75) is 13.3 Å². The SMILES string of the molecule is CC(CN)CN1CCC(=O)N(C)CC1=O. The number of nitrogens with two attached hydrogens (primary N) is 1. The van der Waals surface area contributed by atoms with Gasteiger partial charge >= 0.3 is 0 Å². The van der Waals surface area contributed by atoms with Crippen LogP contribution in [-0.2, 0) is 9.59 Å². The fourth-order valence-electron chi connectivity index (χ4n) is 1.58. The van der Waals surface area contributed by atoms with Crippen molar-refractivity contribution < 1.29 is 9.59 Å². The lowest BCUT2D eigenvalue weighted by Gasteiger charge is -2.23. The number of rotatable bonds is 3. The summed E-state index contributed by atoms with van der Waals surface area (Å²) in [6, 6.07) is 0. The predicted molar refractivity (Wildman–Crippen MR) is 57.1 cm³/mol. The first-order valence-corrected chi connectivity index (χ1v) is 5.26. The lowest BCUT2D eigenvalue weighted by Crippen LogP contribution is -2.39. The van der Waals surface area contributed by atoms with Gasteiger partial charge in [-0.3, -0.25) is 9.59 Å². The quantitative estimate of drug-likeness (QED) is 0.672. The molecule has 1 rings (SSSR count). The molecule has 1 saturated heterocycles. The fraction of sp³-hybridized carbons (Fsp3) is 0.800. The minimum atomic E-state index is 0.0173. The molecule has 2 N–H and O–H groups in total. The van der Waals surface area contributed by atoms with Gasteiger partial charge in [-0.05, 0) is 12.5 Å². The van der Waals surface area contributed by atoms with Crippen LogP contribution in [0.5, 0.6) is 0 Å². The van der Waals surface area contributed by atoms with E-state index in [1.54, 1.807) is 11.9 Å². The van der Waals surface area contributed by atoms with Gasteiger partial charge in [0.1, 0.15) is 0 Å². The number of carbonyl (C=O) groups excluding carboxylic acids is 2. The van der Waals surface area contributed by atoms with Crippen LogP contribution in [0.25, 0.3) is 0 Å². The summed E-state index contributed by atoms with van der Waals surface area (Å²) in [5.74, 6) is 0.336. The number of hydrogen-bond acceptors (Lipinski definition) is 3. The summed E-state index contributed by atoms with van der Waals surface area (Å²) >= 11 is 0. The van der Waals surface area contributed by atoms with Gasteiger partial charge in [-0.1, -0.05) is 6.92 Å². The highest BCUT2D eigenvalue weighted by atomic mass is 16.2. The van der Waals surface area contributed by atoms with Gasteiger partial charge in [0.2, 0.25) is 11.8 Å². The molecule has 2 amide bonds. The van der Waals surface area contributed by atoms with Gasteiger partial charge < -0.3 is 15.5 Å². The lowest BCUT2D eigenvalue weighted by atomic mass is 10.1. The van der Waals surface area contributed by atoms with Crippen molar-refractivity contribution in [3.05, 3.63) is 0 Å². The molecule has 0 aromatic carbocycles. The van der Waals surface area contributed by atoms with Crippen molar-refractivity contribution in [2.75, 3.05) is 33.2 Å². The third-order valence-corrected chi connectivity index (χ3v) is 2.68. The molecule has 15 heavy (non-hydrogen) atoms. The maximum atomic E-state index is 11.7. The summed E-state index contributed by atoms with van der Waals surface area (Å²) in [6.45, 7) is 3.93. The molecule has 0 aromatic rings. The molecule has 0 radical (unpaired) electrons. The molecular weight excluding hydrogens is 194 g/mol. The number of amides is 2. The van der Waals surface area contributed by atoms with Gasteiger partial charge in [0.15, 0.2) is 0 Å². The highest BCUT2D eigenvalue weighted by Gasteiger charge is 2.24. The average molecular weight is 213 g/mol. The second-order valence-electron chi connectivity index (χ2n) is 4.18. The molecular formula is C10H19N3O2. The van der Waals surface area contributed by atoms with E-state index in [2.05, 4.69) is 0 Å². The zero-order chi connectivity index (χ0) is 11.4. The van der Waals surface area contributed by atoms with Crippen LogP contribution in [0, 0.1) is 5.92 Å². The van der Waals surface area contributed by atoms with Crippen LogP contribution in [0.1, 0.15) is 13.3 Å². The van der Waals surface area contributed by atoms with Crippen molar-refractivity contribution in [3.63, 3.8) is 0 Å². The smallest absolute Gasteiger partial charge is 0.242 e. The van der Waals surface area contributed by atoms with E-state index in [1.165, 1.54) is 4.90 Å². The number of nitrogens with zero attached hydrogens (tertiary/aromatic N) is 2. The van der Waals surface area contributed by atoms with E-state index in [0.29, 0.717) is 26.1 Å². The third kappa shape index (κ3) is 3.20. The van der Waals surface area contributed by atoms with Crippen molar-refractivity contribution in [3.8, 4) is 0 Å². The Morgan fingerprint density at radius 3 is 2.67 bits per heavy atom. The number of likely N-dealkylation sites (N-methyl/N-ethyl adjacent to an activating group) is 1. The monoisotopic (exact) mass is 213 g/mol. The van der Waals surface area contributed by atoms with Crippen LogP contribution in [-0.4, -0.2) is 54.8 Å². The summed E-state index contributed by atoms with van der Waals surface area (Å²) in [5, 5.41) is 0. The maximum Gasteiger partial charge on any atom is 0.242 e. The van der Waals surface area contributed by atoms with Crippen LogP contribution >= 0.6 is 0 Å². The molecule has 0 saturated carbocycles. The third-order valence-electron chi connectivity index (χ3n) is 2.68. The Kier molecular flexibility index (Phi) is 4.08. The van der Waals surface area contributed by atoms with Crippen molar-refractivity contribution in [1.29, 1.82) is 0 Å². The highest BCUT2D eigenvalue weighted by Crippen LogP contribution is 2.06. The summed E-state index contributed by atoms with van der Waals surface area (Å²) in [7, 11) is 1.66. The molecule has 1 heterocycles. The van der Waals surface area contributed by atoms with E-state index >= 15 is 0 Å². The lowest BCUT2D eigenvalue weighted by molar-refractivity contribution is -0.135. The van der Waals surface area contributed by atoms with Crippen LogP contribution in [0.4, 0.5) is 0 Å². The number of hydrogen-bond donors (Lipinski definition) is 1. The van der Waals surface area contributed by atoms with Gasteiger partial charge in [-0.2, -0.15) is 0 Å². The van der Waals surface area contributed by atoms with Crippen LogP contribution < -0.4 is 5.73 Å². The first kappa shape index (κ1) is 12.0. The van der Waals surface area contributed by atoms with Gasteiger partial charge in [0, 0.05) is 26.6 Å². The average Bonchev–Trinajstić information content (AvgIpc) is 2.32. The summed E-state index contributed by atoms with van der Waals surface area (Å²) in [6.07, 6.45) is 0.416. The zero-order valence-electron chi connectivity index (χ0n) is 9.40. The van der Waals surface area contributed by atoms with Crippen LogP contribution in [0.2, 0.25) is 0 Å². The molecule has 0 aliphatic carbocycles. The summed E-state index contributed by atoms with van der Waals surface area (Å²) in [5.41, 5.74) is 5.51. The molecule has 5 heteroatoms. The minimum Gasteiger partial charge on any atom is -0.340 e. The van der Waals surface area contributed by atoms with Crippen molar-refractivity contribution >= 4 is 11.8 Å². The highest BCUT2D eigenvalue weighted by molar-refractivity contribution is 5.87. The second-order valence-corrected chi connectivity index (χ2v) is 4.18. The van der Waals surface area contributed by atoms with E-state index in [-0.39, 0.29) is 24.3 Å². The standard InChI is InChI=1S/C10H19N3O2/c1-8(5-11)6-13-4-3-9(14)12(2)7-10(13)15/h8H,3-7,11H2,1-2H3. The first-order chi connectivity index (χ1) is 7.04. The van der Waals surface area contributed by atoms with E-state index in [4.69, 9.17) is 5.73 Å². The van der Waals surface area contributed by atoms with E-state index in [9.17, 15) is 9.59 Å². The molecule has 1 atom stereocenters. The van der Waals surface area contributed by atoms with Gasteiger partial charge in [-0.15, -0.1) is 0 Å². The Labute approximate surface area is 90.2 Å². The molecule has 0 aromatic heterocycles. The summed E-state index contributed by atoms with van der Waals surface area (Å²) < 4.78 is 0. The summed E-state index contributed by atoms with van der Waals surface area (Å²) in [4.78, 5) is 26.3. The van der Waals surface area contributed by atoms with E-state index in [0.717, 1.165) is 0 Å².